The Morgan fingerprint density at radius 2 is 1.43 bits per heavy atom. The first-order chi connectivity index (χ1) is 21.9. The average Bonchev–Trinajstić information content (AvgIpc) is 3.30. The predicted octanol–water partition coefficient (Wildman–Crippen LogP) is -3.71. The molecule has 3 fully saturated rings. The van der Waals surface area contributed by atoms with Gasteiger partial charge in [0.05, 0.1) is 12.0 Å². The van der Waals surface area contributed by atoms with Gasteiger partial charge in [-0.15, -0.1) is 11.8 Å². The zero-order chi connectivity index (χ0) is 33.3. The second-order valence-electron chi connectivity index (χ2n) is 11.6. The molecule has 5 atom stereocenters. The second-order valence-corrected chi connectivity index (χ2v) is 13.3. The maximum absolute atomic E-state index is 13.9. The number of carboxylic acids is 1. The number of carboxylic acid groups (broad SMARTS) is 1. The summed E-state index contributed by atoms with van der Waals surface area (Å²) in [6.07, 6.45) is 0. The Morgan fingerprint density at radius 3 is 1.96 bits per heavy atom. The Hall–Kier alpha value is -3.28. The fourth-order valence-electron chi connectivity index (χ4n) is 5.85. The molecule has 3 heterocycles. The van der Waals surface area contributed by atoms with Gasteiger partial charge in [0.25, 0.3) is 0 Å². The number of benzene rings is 2. The van der Waals surface area contributed by atoms with E-state index in [1.807, 2.05) is 0 Å². The molecule has 2 aromatic carbocycles. The number of aliphatic carboxylic acids is 1. The molecular formula is C31H33KN6O8S. The Bertz CT molecular complexity index is 1580. The number of fused-ring (bicyclic) bond motifs is 1. The van der Waals surface area contributed by atoms with Crippen molar-refractivity contribution in [2.24, 2.45) is 0 Å². The van der Waals surface area contributed by atoms with Crippen molar-refractivity contribution >= 4 is 53.3 Å². The second kappa shape index (κ2) is 14.9. The van der Waals surface area contributed by atoms with E-state index in [1.165, 1.54) is 21.6 Å². The number of likely N-dealkylation sites (N-methyl/N-ethyl adjacent to an activating group) is 1. The van der Waals surface area contributed by atoms with Gasteiger partial charge in [-0.05, 0) is 31.9 Å². The van der Waals surface area contributed by atoms with Crippen LogP contribution in [0.25, 0.3) is 0 Å². The summed E-state index contributed by atoms with van der Waals surface area (Å²) < 4.78 is -0.859. The minimum Gasteiger partial charge on any atom is -0.548 e. The van der Waals surface area contributed by atoms with E-state index < -0.39 is 75.8 Å². The van der Waals surface area contributed by atoms with E-state index in [-0.39, 0.29) is 64.5 Å². The number of hydrogen-bond acceptors (Lipinski definition) is 9. The molecule has 3 N–H and O–H groups in total. The fraction of sp³-hybridized carbons (Fsp3) is 0.387. The molecule has 3 saturated heterocycles. The van der Waals surface area contributed by atoms with E-state index in [1.54, 1.807) is 81.4 Å². The van der Waals surface area contributed by atoms with Crippen molar-refractivity contribution in [3.8, 4) is 0 Å². The summed E-state index contributed by atoms with van der Waals surface area (Å²) in [6, 6.07) is 10.5. The molecule has 16 heteroatoms. The summed E-state index contributed by atoms with van der Waals surface area (Å²) in [7, 11) is 0. The molecule has 14 nitrogen and oxygen atoms in total. The van der Waals surface area contributed by atoms with Crippen LogP contribution in [-0.4, -0.2) is 98.1 Å². The molecule has 7 amide bonds. The number of thioether (sulfide) groups is 1. The molecule has 0 saturated carbocycles. The van der Waals surface area contributed by atoms with Gasteiger partial charge in [0, 0.05) is 24.4 Å². The van der Waals surface area contributed by atoms with Crippen LogP contribution in [0, 0.1) is 0 Å². The summed E-state index contributed by atoms with van der Waals surface area (Å²) in [5.41, 5.74) is 0.716. The molecule has 2 aromatic rings. The van der Waals surface area contributed by atoms with Gasteiger partial charge in [-0.1, -0.05) is 60.7 Å². The number of nitrogens with one attached hydrogen (secondary N) is 3. The normalized spacial score (nSPS) is 22.7. The SMILES string of the molecule is CCN1CCN(C(=O)N[C@@H](C(=O)N[C@@H](C(=O)N[C@@H]2C(=O)N3[C@@H]2SC(C)(C)[C@@H]3C(=O)[O-])c2ccccc2)c2ccccc2)C(=O)C1=O.[K+]. The van der Waals surface area contributed by atoms with E-state index >= 15 is 0 Å². The van der Waals surface area contributed by atoms with Crippen molar-refractivity contribution < 1.29 is 90.1 Å². The molecule has 0 aliphatic carbocycles. The van der Waals surface area contributed by atoms with Crippen molar-refractivity contribution in [2.45, 2.75) is 55.1 Å². The van der Waals surface area contributed by atoms with E-state index in [9.17, 15) is 38.7 Å². The number of imide groups is 1. The van der Waals surface area contributed by atoms with E-state index in [0.29, 0.717) is 17.7 Å². The Labute approximate surface area is 317 Å². The van der Waals surface area contributed by atoms with Crippen molar-refractivity contribution in [1.82, 2.24) is 30.7 Å². The molecule has 47 heavy (non-hydrogen) atoms. The standard InChI is InChI=1S/C31H34N6O8S.K/c1-4-35-15-16-36(27(42)26(35)41)30(45)34-20(18-13-9-6-10-14-18)24(39)32-19(17-11-7-5-8-12-17)23(38)33-21-25(40)37-22(29(43)44)31(2,3)46-28(21)37;/h5-14,19-22,28H,4,15-16H2,1-3H3,(H,32,39)(H,33,38)(H,34,45)(H,43,44);/q;+1/p-1/t19-,20-,21-,22+,28-;/m1./s1. The largest absolute Gasteiger partial charge is 1.00 e. The van der Waals surface area contributed by atoms with Gasteiger partial charge in [-0.25, -0.2) is 4.79 Å². The summed E-state index contributed by atoms with van der Waals surface area (Å²) in [5.74, 6) is -5.36. The Morgan fingerprint density at radius 1 is 0.872 bits per heavy atom. The molecule has 242 valence electrons. The van der Waals surface area contributed by atoms with Gasteiger partial charge in [-0.3, -0.25) is 28.9 Å². The zero-order valence-corrected chi connectivity index (χ0v) is 30.2. The number of carbonyl (C=O) groups is 7. The number of rotatable bonds is 9. The van der Waals surface area contributed by atoms with E-state index in [4.69, 9.17) is 0 Å². The zero-order valence-electron chi connectivity index (χ0n) is 26.3. The predicted molar refractivity (Wildman–Crippen MR) is 162 cm³/mol. The van der Waals surface area contributed by atoms with Crippen molar-refractivity contribution in [3.63, 3.8) is 0 Å². The minimum absolute atomic E-state index is 0. The summed E-state index contributed by atoms with van der Waals surface area (Å²) in [6.45, 7) is 5.46. The van der Waals surface area contributed by atoms with Crippen LogP contribution in [0.2, 0.25) is 0 Å². The third kappa shape index (κ3) is 7.27. The van der Waals surface area contributed by atoms with Crippen LogP contribution in [0.15, 0.2) is 60.7 Å². The Kier molecular flexibility index (Phi) is 11.6. The molecule has 0 radical (unpaired) electrons. The molecule has 3 aliphatic heterocycles. The number of carbonyl (C=O) groups excluding carboxylic acids is 7. The van der Waals surface area contributed by atoms with Crippen LogP contribution in [0.1, 0.15) is 44.0 Å². The molecular weight excluding hydrogens is 656 g/mol. The summed E-state index contributed by atoms with van der Waals surface area (Å²) in [5, 5.41) is 19.0. The maximum atomic E-state index is 13.9. The van der Waals surface area contributed by atoms with E-state index in [2.05, 4.69) is 16.0 Å². The molecule has 0 aromatic heterocycles. The van der Waals surface area contributed by atoms with Gasteiger partial charge in [-0.2, -0.15) is 0 Å². The first-order valence-corrected chi connectivity index (χ1v) is 15.6. The molecule has 0 spiro atoms. The van der Waals surface area contributed by atoms with Gasteiger partial charge in [0.15, 0.2) is 0 Å². The molecule has 5 rings (SSSR count). The van der Waals surface area contributed by atoms with Crippen molar-refractivity contribution in [1.29, 1.82) is 0 Å². The van der Waals surface area contributed by atoms with Crippen LogP contribution < -0.4 is 72.4 Å². The fourth-order valence-corrected chi connectivity index (χ4v) is 7.47. The molecule has 0 bridgehead atoms. The summed E-state index contributed by atoms with van der Waals surface area (Å²) in [4.78, 5) is 94.0. The minimum atomic E-state index is -1.39. The number of piperazine rings is 1. The third-order valence-corrected chi connectivity index (χ3v) is 9.81. The Balaban J connectivity index is 0.00000500. The smallest absolute Gasteiger partial charge is 0.548 e. The first-order valence-electron chi connectivity index (χ1n) is 14.7. The topological polar surface area (TPSA) is 188 Å². The number of nitrogens with zero attached hydrogens (tertiary/aromatic N) is 3. The van der Waals surface area contributed by atoms with Gasteiger partial charge >= 0.3 is 69.2 Å². The first kappa shape index (κ1) is 36.6. The monoisotopic (exact) mass is 688 g/mol. The van der Waals surface area contributed by atoms with Crippen molar-refractivity contribution in [3.05, 3.63) is 71.8 Å². The maximum Gasteiger partial charge on any atom is 1.00 e. The van der Waals surface area contributed by atoms with Gasteiger partial charge < -0.3 is 35.7 Å². The van der Waals surface area contributed by atoms with Crippen LogP contribution in [0.4, 0.5) is 4.79 Å². The molecule has 0 unspecified atom stereocenters. The van der Waals surface area contributed by atoms with Gasteiger partial charge in [0.2, 0.25) is 17.7 Å². The average molecular weight is 689 g/mol. The van der Waals surface area contributed by atoms with Crippen LogP contribution in [-0.2, 0) is 28.8 Å². The van der Waals surface area contributed by atoms with Crippen molar-refractivity contribution in [2.75, 3.05) is 19.6 Å². The number of β-lactam (4-membered cyclic amide) rings is 1. The van der Waals surface area contributed by atoms with Crippen LogP contribution in [0.3, 0.4) is 0 Å². The third-order valence-electron chi connectivity index (χ3n) is 8.24. The van der Waals surface area contributed by atoms with Crippen LogP contribution >= 0.6 is 11.8 Å². The summed E-state index contributed by atoms with van der Waals surface area (Å²) >= 11 is 1.23. The molecule has 3 aliphatic rings. The quantitative estimate of drug-likeness (QED) is 0.135. The number of amides is 7. The number of urea groups is 1. The van der Waals surface area contributed by atoms with E-state index in [0.717, 1.165) is 4.90 Å². The van der Waals surface area contributed by atoms with Gasteiger partial charge in [0.1, 0.15) is 23.5 Å². The van der Waals surface area contributed by atoms with Crippen LogP contribution in [0.5, 0.6) is 0 Å². The number of hydrogen-bond donors (Lipinski definition) is 3.